The molecule has 1 unspecified atom stereocenters. The van der Waals surface area contributed by atoms with Crippen LogP contribution in [-0.2, 0) is 0 Å². The fourth-order valence-electron chi connectivity index (χ4n) is 0.406. The van der Waals surface area contributed by atoms with Gasteiger partial charge in [-0.25, -0.2) is 0 Å². The third kappa shape index (κ3) is 5.92. The monoisotopic (exact) mass is 117 g/mol. The Morgan fingerprint density at radius 2 is 1.88 bits per heavy atom. The van der Waals surface area contributed by atoms with Crippen LogP contribution >= 0.6 is 0 Å². The molecule has 0 fully saturated rings. The Morgan fingerprint density at radius 3 is 2.00 bits per heavy atom. The summed E-state index contributed by atoms with van der Waals surface area (Å²) in [5.41, 5.74) is 0. The van der Waals surface area contributed by atoms with Crippen molar-refractivity contribution in [1.82, 2.24) is 5.32 Å². The zero-order valence-electron chi connectivity index (χ0n) is 5.81. The molecule has 0 radical (unpaired) electrons. The fraction of sp³-hybridized carbons (Fsp3) is 1.00. The summed E-state index contributed by atoms with van der Waals surface area (Å²) in [5, 5.41) is 11.8. The Kier molecular flexibility index (Phi) is 3.83. The number of hydrogen-bond donors (Lipinski definition) is 2. The minimum Gasteiger partial charge on any atom is -0.392 e. The smallest absolute Gasteiger partial charge is 0.0636 e. The third-order valence-electron chi connectivity index (χ3n) is 0.822. The predicted molar refractivity (Wildman–Crippen MR) is 34.8 cm³/mol. The van der Waals surface area contributed by atoms with Crippen LogP contribution in [0, 0.1) is 0 Å². The van der Waals surface area contributed by atoms with Crippen molar-refractivity contribution in [1.29, 1.82) is 0 Å². The standard InChI is InChI=1S/C6H15NO/c1-5(2)7-4-6(3)8/h5-8H,4H2,1-3H3. The average molecular weight is 117 g/mol. The maximum Gasteiger partial charge on any atom is 0.0636 e. The van der Waals surface area contributed by atoms with Crippen molar-refractivity contribution in [2.45, 2.75) is 32.9 Å². The Balaban J connectivity index is 2.93. The Bertz CT molecular complexity index is 44.5. The van der Waals surface area contributed by atoms with Crippen molar-refractivity contribution in [3.63, 3.8) is 0 Å². The summed E-state index contributed by atoms with van der Waals surface area (Å²) in [5.74, 6) is 0. The molecule has 0 saturated carbocycles. The van der Waals surface area contributed by atoms with E-state index in [9.17, 15) is 0 Å². The maximum absolute atomic E-state index is 8.74. The van der Waals surface area contributed by atoms with Gasteiger partial charge in [0.25, 0.3) is 0 Å². The molecule has 2 heteroatoms. The molecule has 0 spiro atoms. The van der Waals surface area contributed by atoms with E-state index < -0.39 is 0 Å². The second-order valence-electron chi connectivity index (χ2n) is 2.41. The first-order chi connectivity index (χ1) is 3.63. The van der Waals surface area contributed by atoms with E-state index in [1.165, 1.54) is 0 Å². The van der Waals surface area contributed by atoms with Crippen LogP contribution in [-0.4, -0.2) is 23.8 Å². The highest BCUT2D eigenvalue weighted by molar-refractivity contribution is 4.55. The Hall–Kier alpha value is -0.0800. The minimum absolute atomic E-state index is 0.225. The van der Waals surface area contributed by atoms with E-state index in [0.29, 0.717) is 12.6 Å². The molecule has 2 N–H and O–H groups in total. The normalized spacial score (nSPS) is 14.6. The van der Waals surface area contributed by atoms with Gasteiger partial charge in [-0.05, 0) is 6.92 Å². The lowest BCUT2D eigenvalue weighted by Crippen LogP contribution is -2.30. The number of aliphatic hydroxyl groups is 1. The maximum atomic E-state index is 8.74. The SMILES string of the molecule is CC(O)CNC(C)C. The minimum atomic E-state index is -0.225. The Morgan fingerprint density at radius 1 is 1.38 bits per heavy atom. The van der Waals surface area contributed by atoms with Crippen molar-refractivity contribution >= 4 is 0 Å². The molecule has 0 rings (SSSR count). The molecule has 0 aromatic rings. The molecule has 0 aliphatic carbocycles. The summed E-state index contributed by atoms with van der Waals surface area (Å²) in [4.78, 5) is 0. The van der Waals surface area contributed by atoms with Crippen molar-refractivity contribution in [3.8, 4) is 0 Å². The van der Waals surface area contributed by atoms with Crippen LogP contribution < -0.4 is 5.32 Å². The van der Waals surface area contributed by atoms with Crippen LogP contribution in [0.5, 0.6) is 0 Å². The van der Waals surface area contributed by atoms with Gasteiger partial charge in [-0.3, -0.25) is 0 Å². The second kappa shape index (κ2) is 3.87. The van der Waals surface area contributed by atoms with Gasteiger partial charge in [-0.1, -0.05) is 13.8 Å². The van der Waals surface area contributed by atoms with Crippen LogP contribution in [0.3, 0.4) is 0 Å². The summed E-state index contributed by atoms with van der Waals surface area (Å²) < 4.78 is 0. The largest absolute Gasteiger partial charge is 0.392 e. The van der Waals surface area contributed by atoms with Gasteiger partial charge >= 0.3 is 0 Å². The molecule has 0 aromatic carbocycles. The molecule has 2 nitrogen and oxygen atoms in total. The summed E-state index contributed by atoms with van der Waals surface area (Å²) in [6.07, 6.45) is -0.225. The van der Waals surface area contributed by atoms with Crippen molar-refractivity contribution in [2.24, 2.45) is 0 Å². The van der Waals surface area contributed by atoms with E-state index in [0.717, 1.165) is 0 Å². The van der Waals surface area contributed by atoms with Gasteiger partial charge in [0.2, 0.25) is 0 Å². The van der Waals surface area contributed by atoms with Crippen molar-refractivity contribution < 1.29 is 5.11 Å². The summed E-state index contributed by atoms with van der Waals surface area (Å²) in [6, 6.07) is 0.476. The highest BCUT2D eigenvalue weighted by atomic mass is 16.3. The lowest BCUT2D eigenvalue weighted by molar-refractivity contribution is 0.188. The first-order valence-electron chi connectivity index (χ1n) is 3.04. The van der Waals surface area contributed by atoms with Crippen LogP contribution in [0.2, 0.25) is 0 Å². The van der Waals surface area contributed by atoms with Gasteiger partial charge in [0.05, 0.1) is 6.10 Å². The summed E-state index contributed by atoms with van der Waals surface area (Å²) in [6.45, 7) is 6.58. The van der Waals surface area contributed by atoms with Crippen LogP contribution in [0.25, 0.3) is 0 Å². The zero-order chi connectivity index (χ0) is 6.57. The van der Waals surface area contributed by atoms with Crippen molar-refractivity contribution in [3.05, 3.63) is 0 Å². The molecular weight excluding hydrogens is 102 g/mol. The number of nitrogens with one attached hydrogen (secondary N) is 1. The third-order valence-corrected chi connectivity index (χ3v) is 0.822. The molecule has 1 atom stereocenters. The number of aliphatic hydroxyl groups excluding tert-OH is 1. The van der Waals surface area contributed by atoms with Crippen LogP contribution in [0.1, 0.15) is 20.8 Å². The van der Waals surface area contributed by atoms with E-state index in [1.54, 1.807) is 6.92 Å². The molecular formula is C6H15NO. The highest BCUT2D eigenvalue weighted by Gasteiger charge is 1.94. The quantitative estimate of drug-likeness (QED) is 0.559. The first kappa shape index (κ1) is 7.92. The van der Waals surface area contributed by atoms with Gasteiger partial charge < -0.3 is 10.4 Å². The fourth-order valence-corrected chi connectivity index (χ4v) is 0.406. The molecule has 0 heterocycles. The van der Waals surface area contributed by atoms with Gasteiger partial charge in [0.15, 0.2) is 0 Å². The molecule has 50 valence electrons. The van der Waals surface area contributed by atoms with Gasteiger partial charge in [0, 0.05) is 12.6 Å². The van der Waals surface area contributed by atoms with Crippen molar-refractivity contribution in [2.75, 3.05) is 6.54 Å². The first-order valence-corrected chi connectivity index (χ1v) is 3.04. The van der Waals surface area contributed by atoms with Gasteiger partial charge in [0.1, 0.15) is 0 Å². The number of rotatable bonds is 3. The zero-order valence-corrected chi connectivity index (χ0v) is 5.81. The molecule has 0 aliphatic heterocycles. The van der Waals surface area contributed by atoms with E-state index in [2.05, 4.69) is 19.2 Å². The van der Waals surface area contributed by atoms with E-state index >= 15 is 0 Å². The molecule has 0 amide bonds. The summed E-state index contributed by atoms with van der Waals surface area (Å²) in [7, 11) is 0. The topological polar surface area (TPSA) is 32.3 Å². The average Bonchev–Trinajstić information content (AvgIpc) is 1.61. The molecule has 0 aliphatic rings. The molecule has 8 heavy (non-hydrogen) atoms. The second-order valence-corrected chi connectivity index (χ2v) is 2.41. The van der Waals surface area contributed by atoms with Crippen LogP contribution in [0.15, 0.2) is 0 Å². The van der Waals surface area contributed by atoms with E-state index in [-0.39, 0.29) is 6.10 Å². The van der Waals surface area contributed by atoms with Gasteiger partial charge in [-0.2, -0.15) is 0 Å². The van der Waals surface area contributed by atoms with Crippen LogP contribution in [0.4, 0.5) is 0 Å². The molecule has 0 saturated heterocycles. The summed E-state index contributed by atoms with van der Waals surface area (Å²) >= 11 is 0. The number of hydrogen-bond acceptors (Lipinski definition) is 2. The molecule has 0 bridgehead atoms. The predicted octanol–water partition coefficient (Wildman–Crippen LogP) is 0.365. The molecule has 0 aromatic heterocycles. The lowest BCUT2D eigenvalue weighted by atomic mass is 10.3. The van der Waals surface area contributed by atoms with E-state index in [4.69, 9.17) is 5.11 Å². The van der Waals surface area contributed by atoms with Gasteiger partial charge in [-0.15, -0.1) is 0 Å². The van der Waals surface area contributed by atoms with E-state index in [1.807, 2.05) is 0 Å². The Labute approximate surface area is 50.9 Å². The lowest BCUT2D eigenvalue weighted by Gasteiger charge is -2.08. The highest BCUT2D eigenvalue weighted by Crippen LogP contribution is 1.78.